The summed E-state index contributed by atoms with van der Waals surface area (Å²) in [5, 5.41) is 0. The van der Waals surface area contributed by atoms with Gasteiger partial charge in [-0.05, 0) is 30.4 Å². The Labute approximate surface area is 104 Å². The van der Waals surface area contributed by atoms with E-state index in [0.717, 1.165) is 35.7 Å². The molecule has 1 nitrogen and oxygen atoms in total. The van der Waals surface area contributed by atoms with E-state index in [9.17, 15) is 4.39 Å². The molecule has 2 rings (SSSR count). The lowest BCUT2D eigenvalue weighted by Crippen LogP contribution is -2.16. The van der Waals surface area contributed by atoms with Crippen LogP contribution in [-0.2, 0) is 6.42 Å². The summed E-state index contributed by atoms with van der Waals surface area (Å²) in [6.07, 6.45) is 2.04. The number of fused-ring (bicyclic) bond motifs is 1. The third kappa shape index (κ3) is 3.05. The van der Waals surface area contributed by atoms with Crippen LogP contribution in [0.25, 0.3) is 0 Å². The van der Waals surface area contributed by atoms with Gasteiger partial charge in [-0.25, -0.2) is 4.39 Å². The predicted octanol–water partition coefficient (Wildman–Crippen LogP) is 3.49. The van der Waals surface area contributed by atoms with E-state index in [0.29, 0.717) is 5.88 Å². The maximum Gasteiger partial charge on any atom is 0.123 e. The van der Waals surface area contributed by atoms with Crippen molar-refractivity contribution in [3.8, 4) is 5.75 Å². The molecule has 0 fully saturated rings. The van der Waals surface area contributed by atoms with Crippen molar-refractivity contribution in [2.75, 3.05) is 17.4 Å². The summed E-state index contributed by atoms with van der Waals surface area (Å²) in [6.45, 7) is 0. The fourth-order valence-electron chi connectivity index (χ4n) is 1.75. The molecular formula is C12H14ClFOS. The van der Waals surface area contributed by atoms with Crippen LogP contribution in [0.2, 0.25) is 0 Å². The Kier molecular flexibility index (Phi) is 4.36. The third-order valence-electron chi connectivity index (χ3n) is 2.49. The first-order valence-electron chi connectivity index (χ1n) is 5.38. The van der Waals surface area contributed by atoms with Crippen LogP contribution in [0.15, 0.2) is 18.2 Å². The highest BCUT2D eigenvalue weighted by molar-refractivity contribution is 7.99. The van der Waals surface area contributed by atoms with Gasteiger partial charge in [0.1, 0.15) is 17.7 Å². The summed E-state index contributed by atoms with van der Waals surface area (Å²) in [5.41, 5.74) is 0.989. The zero-order valence-electron chi connectivity index (χ0n) is 8.92. The van der Waals surface area contributed by atoms with E-state index < -0.39 is 0 Å². The number of ether oxygens (including phenoxy) is 1. The van der Waals surface area contributed by atoms with Crippen molar-refractivity contribution in [2.45, 2.75) is 18.9 Å². The minimum atomic E-state index is -0.183. The van der Waals surface area contributed by atoms with Crippen LogP contribution >= 0.6 is 23.4 Å². The number of alkyl halides is 1. The smallest absolute Gasteiger partial charge is 0.123 e. The highest BCUT2D eigenvalue weighted by Crippen LogP contribution is 2.30. The molecule has 0 N–H and O–H groups in total. The number of halogens is 2. The van der Waals surface area contributed by atoms with E-state index in [4.69, 9.17) is 16.3 Å². The molecule has 16 heavy (non-hydrogen) atoms. The fourth-order valence-corrected chi connectivity index (χ4v) is 3.01. The summed E-state index contributed by atoms with van der Waals surface area (Å²) in [5.74, 6) is 3.38. The predicted molar refractivity (Wildman–Crippen MR) is 67.2 cm³/mol. The van der Waals surface area contributed by atoms with Crippen molar-refractivity contribution in [3.63, 3.8) is 0 Å². The van der Waals surface area contributed by atoms with E-state index in [-0.39, 0.29) is 11.9 Å². The Hall–Kier alpha value is -0.410. The third-order valence-corrected chi connectivity index (χ3v) is 3.94. The van der Waals surface area contributed by atoms with Gasteiger partial charge in [0.05, 0.1) is 0 Å². The second-order valence-electron chi connectivity index (χ2n) is 3.81. The van der Waals surface area contributed by atoms with Gasteiger partial charge in [-0.3, -0.25) is 0 Å². The van der Waals surface area contributed by atoms with Gasteiger partial charge in [0.2, 0.25) is 0 Å². The standard InChI is InChI=1S/C12H14ClFOS/c13-4-1-5-16-8-11-7-9-6-10(14)2-3-12(9)15-11/h2-3,6,11H,1,4-5,7-8H2. The van der Waals surface area contributed by atoms with Gasteiger partial charge in [0.15, 0.2) is 0 Å². The largest absolute Gasteiger partial charge is 0.489 e. The van der Waals surface area contributed by atoms with Crippen LogP contribution in [0.5, 0.6) is 5.75 Å². The van der Waals surface area contributed by atoms with Crippen LogP contribution in [0.1, 0.15) is 12.0 Å². The molecular weight excluding hydrogens is 247 g/mol. The van der Waals surface area contributed by atoms with Gasteiger partial charge < -0.3 is 4.74 Å². The summed E-state index contributed by atoms with van der Waals surface area (Å²) < 4.78 is 18.7. The normalized spacial score (nSPS) is 18.2. The second kappa shape index (κ2) is 5.78. The Morgan fingerprint density at radius 2 is 2.38 bits per heavy atom. The first-order chi connectivity index (χ1) is 7.79. The molecule has 0 bridgehead atoms. The van der Waals surface area contributed by atoms with Gasteiger partial charge in [-0.15, -0.1) is 11.6 Å². The van der Waals surface area contributed by atoms with Crippen molar-refractivity contribution < 1.29 is 9.13 Å². The Morgan fingerprint density at radius 3 is 3.19 bits per heavy atom. The number of hydrogen-bond acceptors (Lipinski definition) is 2. The second-order valence-corrected chi connectivity index (χ2v) is 5.34. The molecule has 1 aliphatic rings. The summed E-state index contributed by atoms with van der Waals surface area (Å²) in [6, 6.07) is 4.73. The van der Waals surface area contributed by atoms with Crippen LogP contribution in [0.3, 0.4) is 0 Å². The quantitative estimate of drug-likeness (QED) is 0.592. The topological polar surface area (TPSA) is 9.23 Å². The molecule has 0 amide bonds. The molecule has 1 atom stereocenters. The molecule has 1 aliphatic heterocycles. The Bertz CT molecular complexity index is 359. The van der Waals surface area contributed by atoms with E-state index in [1.54, 1.807) is 12.1 Å². The molecule has 4 heteroatoms. The maximum atomic E-state index is 13.0. The lowest BCUT2D eigenvalue weighted by molar-refractivity contribution is 0.259. The summed E-state index contributed by atoms with van der Waals surface area (Å²) in [7, 11) is 0. The molecule has 0 saturated heterocycles. The molecule has 1 aromatic rings. The minimum absolute atomic E-state index is 0.183. The number of rotatable bonds is 5. The SMILES string of the molecule is Fc1ccc2c(c1)CC(CSCCCCl)O2. The monoisotopic (exact) mass is 260 g/mol. The molecule has 88 valence electrons. The highest BCUT2D eigenvalue weighted by Gasteiger charge is 2.22. The lowest BCUT2D eigenvalue weighted by atomic mass is 10.1. The van der Waals surface area contributed by atoms with Crippen LogP contribution in [-0.4, -0.2) is 23.5 Å². The van der Waals surface area contributed by atoms with E-state index in [1.165, 1.54) is 6.07 Å². The van der Waals surface area contributed by atoms with E-state index >= 15 is 0 Å². The molecule has 0 aliphatic carbocycles. The van der Waals surface area contributed by atoms with Crippen molar-refractivity contribution >= 4 is 23.4 Å². The van der Waals surface area contributed by atoms with Gasteiger partial charge in [-0.1, -0.05) is 0 Å². The van der Waals surface area contributed by atoms with Crippen molar-refractivity contribution in [3.05, 3.63) is 29.6 Å². The first-order valence-corrected chi connectivity index (χ1v) is 7.07. The van der Waals surface area contributed by atoms with Gasteiger partial charge in [-0.2, -0.15) is 11.8 Å². The zero-order chi connectivity index (χ0) is 11.4. The first kappa shape index (κ1) is 12.1. The molecule has 0 aromatic heterocycles. The van der Waals surface area contributed by atoms with Crippen LogP contribution in [0, 0.1) is 5.82 Å². The van der Waals surface area contributed by atoms with Crippen molar-refractivity contribution in [1.82, 2.24) is 0 Å². The van der Waals surface area contributed by atoms with E-state index in [1.807, 2.05) is 11.8 Å². The zero-order valence-corrected chi connectivity index (χ0v) is 10.5. The summed E-state index contributed by atoms with van der Waals surface area (Å²) >= 11 is 7.45. The maximum absolute atomic E-state index is 13.0. The average Bonchev–Trinajstić information content (AvgIpc) is 2.66. The Balaban J connectivity index is 1.81. The van der Waals surface area contributed by atoms with Crippen LogP contribution < -0.4 is 4.74 Å². The molecule has 0 radical (unpaired) electrons. The van der Waals surface area contributed by atoms with Crippen molar-refractivity contribution in [1.29, 1.82) is 0 Å². The summed E-state index contributed by atoms with van der Waals surface area (Å²) in [4.78, 5) is 0. The fraction of sp³-hybridized carbons (Fsp3) is 0.500. The molecule has 0 spiro atoms. The van der Waals surface area contributed by atoms with Gasteiger partial charge >= 0.3 is 0 Å². The Morgan fingerprint density at radius 1 is 1.50 bits per heavy atom. The lowest BCUT2D eigenvalue weighted by Gasteiger charge is -2.09. The molecule has 1 unspecified atom stereocenters. The average molecular weight is 261 g/mol. The van der Waals surface area contributed by atoms with Gasteiger partial charge in [0, 0.05) is 23.6 Å². The highest BCUT2D eigenvalue weighted by atomic mass is 35.5. The molecule has 0 saturated carbocycles. The molecule has 1 heterocycles. The van der Waals surface area contributed by atoms with Gasteiger partial charge in [0.25, 0.3) is 0 Å². The number of hydrogen-bond donors (Lipinski definition) is 0. The van der Waals surface area contributed by atoms with Crippen LogP contribution in [0.4, 0.5) is 4.39 Å². The molecule has 1 aromatic carbocycles. The van der Waals surface area contributed by atoms with E-state index in [2.05, 4.69) is 0 Å². The number of benzene rings is 1. The van der Waals surface area contributed by atoms with Crippen molar-refractivity contribution in [2.24, 2.45) is 0 Å². The minimum Gasteiger partial charge on any atom is -0.489 e. The number of thioether (sulfide) groups is 1.